The molecule has 2 nitrogen and oxygen atoms in total. The lowest BCUT2D eigenvalue weighted by atomic mass is 10.1. The van der Waals surface area contributed by atoms with Crippen LogP contribution in [0.2, 0.25) is 10.0 Å². The Morgan fingerprint density at radius 1 is 0.947 bits per heavy atom. The summed E-state index contributed by atoms with van der Waals surface area (Å²) in [5, 5.41) is 9.88. The molecular weight excluding hydrogens is 303 g/mol. The van der Waals surface area contributed by atoms with Gasteiger partial charge in [0.05, 0.1) is 0 Å². The minimum absolute atomic E-state index is 0.587. The van der Waals surface area contributed by atoms with E-state index >= 15 is 0 Å². The first-order chi connectivity index (χ1) is 9.06. The topological polar surface area (TPSA) is 37.3 Å². The van der Waals surface area contributed by atoms with Crippen molar-refractivity contribution in [2.24, 2.45) is 0 Å². The average molecular weight is 313 g/mol. The number of carboxylic acid groups (broad SMARTS) is 1. The summed E-state index contributed by atoms with van der Waals surface area (Å²) in [4.78, 5) is 12.2. The van der Waals surface area contributed by atoms with Gasteiger partial charge in [-0.15, -0.1) is 11.8 Å². The van der Waals surface area contributed by atoms with Gasteiger partial charge in [0.2, 0.25) is 0 Å². The highest BCUT2D eigenvalue weighted by Crippen LogP contribution is 2.36. The quantitative estimate of drug-likeness (QED) is 0.815. The van der Waals surface area contributed by atoms with E-state index in [9.17, 15) is 9.90 Å². The van der Waals surface area contributed by atoms with Crippen LogP contribution < -0.4 is 0 Å². The van der Waals surface area contributed by atoms with E-state index < -0.39 is 11.2 Å². The minimum Gasteiger partial charge on any atom is -0.480 e. The molecule has 0 saturated heterocycles. The number of carboxylic acids is 1. The zero-order chi connectivity index (χ0) is 13.8. The Bertz CT molecular complexity index is 567. The van der Waals surface area contributed by atoms with Gasteiger partial charge in [-0.05, 0) is 42.0 Å². The van der Waals surface area contributed by atoms with E-state index in [4.69, 9.17) is 23.2 Å². The molecule has 2 aromatic carbocycles. The molecule has 0 fully saturated rings. The third-order valence-electron chi connectivity index (χ3n) is 2.46. The van der Waals surface area contributed by atoms with Crippen molar-refractivity contribution in [1.29, 1.82) is 0 Å². The number of hydrogen-bond donors (Lipinski definition) is 1. The van der Waals surface area contributed by atoms with Gasteiger partial charge >= 0.3 is 5.97 Å². The lowest BCUT2D eigenvalue weighted by Crippen LogP contribution is -2.07. The summed E-state index contributed by atoms with van der Waals surface area (Å²) in [7, 11) is 0. The first-order valence-electron chi connectivity index (χ1n) is 5.47. The molecule has 1 atom stereocenters. The highest BCUT2D eigenvalue weighted by molar-refractivity contribution is 8.00. The normalized spacial score (nSPS) is 12.1. The third kappa shape index (κ3) is 3.90. The zero-order valence-electron chi connectivity index (χ0n) is 9.72. The molecule has 0 aliphatic rings. The van der Waals surface area contributed by atoms with Gasteiger partial charge in [-0.1, -0.05) is 35.3 Å². The smallest absolute Gasteiger partial charge is 0.321 e. The predicted molar refractivity (Wildman–Crippen MR) is 79.1 cm³/mol. The first kappa shape index (κ1) is 14.3. The second-order valence-corrected chi connectivity index (χ2v) is 5.89. The summed E-state index contributed by atoms with van der Waals surface area (Å²) < 4.78 is 0. The van der Waals surface area contributed by atoms with Gasteiger partial charge in [0.1, 0.15) is 5.25 Å². The van der Waals surface area contributed by atoms with Crippen LogP contribution in [0.4, 0.5) is 0 Å². The van der Waals surface area contributed by atoms with Gasteiger partial charge in [0.25, 0.3) is 0 Å². The van der Waals surface area contributed by atoms with Crippen molar-refractivity contribution in [3.63, 3.8) is 0 Å². The standard InChI is InChI=1S/C14H10Cl2O2S/c15-10-3-1-9(2-4-10)13(14(17)18)19-12-7-5-11(16)6-8-12/h1-8,13H,(H,17,18)/t13-/m0/s1. The summed E-state index contributed by atoms with van der Waals surface area (Å²) in [6, 6.07) is 13.9. The highest BCUT2D eigenvalue weighted by atomic mass is 35.5. The van der Waals surface area contributed by atoms with E-state index in [-0.39, 0.29) is 0 Å². The van der Waals surface area contributed by atoms with E-state index in [2.05, 4.69) is 0 Å². The highest BCUT2D eigenvalue weighted by Gasteiger charge is 2.21. The minimum atomic E-state index is -0.887. The van der Waals surface area contributed by atoms with E-state index in [0.717, 1.165) is 4.90 Å². The largest absolute Gasteiger partial charge is 0.480 e. The van der Waals surface area contributed by atoms with Crippen LogP contribution >= 0.6 is 35.0 Å². The zero-order valence-corrected chi connectivity index (χ0v) is 12.0. The van der Waals surface area contributed by atoms with Crippen molar-refractivity contribution in [3.8, 4) is 0 Å². The van der Waals surface area contributed by atoms with Crippen LogP contribution in [0.5, 0.6) is 0 Å². The predicted octanol–water partition coefficient (Wildman–Crippen LogP) is 4.91. The van der Waals surface area contributed by atoms with Gasteiger partial charge in [-0.2, -0.15) is 0 Å². The SMILES string of the molecule is O=C(O)[C@@H](Sc1ccc(Cl)cc1)c1ccc(Cl)cc1. The number of hydrogen-bond acceptors (Lipinski definition) is 2. The van der Waals surface area contributed by atoms with Crippen molar-refractivity contribution in [3.05, 3.63) is 64.1 Å². The maximum atomic E-state index is 11.4. The van der Waals surface area contributed by atoms with Crippen molar-refractivity contribution < 1.29 is 9.90 Å². The Hall–Kier alpha value is -1.16. The van der Waals surface area contributed by atoms with Crippen LogP contribution in [0.15, 0.2) is 53.4 Å². The Morgan fingerprint density at radius 3 is 1.89 bits per heavy atom. The lowest BCUT2D eigenvalue weighted by molar-refractivity contribution is -0.136. The maximum absolute atomic E-state index is 11.4. The number of aliphatic carboxylic acids is 1. The van der Waals surface area contributed by atoms with E-state index in [1.807, 2.05) is 0 Å². The van der Waals surface area contributed by atoms with E-state index in [1.54, 1.807) is 48.5 Å². The molecule has 0 spiro atoms. The molecule has 2 rings (SSSR count). The average Bonchev–Trinajstić information content (AvgIpc) is 2.39. The van der Waals surface area contributed by atoms with Crippen LogP contribution in [-0.4, -0.2) is 11.1 Å². The number of halogens is 2. The van der Waals surface area contributed by atoms with Crippen molar-refractivity contribution in [2.75, 3.05) is 0 Å². The first-order valence-corrected chi connectivity index (χ1v) is 7.10. The fourth-order valence-electron chi connectivity index (χ4n) is 1.55. The second kappa shape index (κ2) is 6.33. The monoisotopic (exact) mass is 312 g/mol. The molecule has 0 saturated carbocycles. The van der Waals surface area contributed by atoms with Gasteiger partial charge < -0.3 is 5.11 Å². The second-order valence-electron chi connectivity index (χ2n) is 3.84. The summed E-state index contributed by atoms with van der Waals surface area (Å²) >= 11 is 12.9. The molecule has 5 heteroatoms. The van der Waals surface area contributed by atoms with Crippen LogP contribution in [0, 0.1) is 0 Å². The van der Waals surface area contributed by atoms with Crippen molar-refractivity contribution >= 4 is 40.9 Å². The van der Waals surface area contributed by atoms with Gasteiger partial charge in [0, 0.05) is 14.9 Å². The van der Waals surface area contributed by atoms with Gasteiger partial charge in [0.15, 0.2) is 0 Å². The third-order valence-corrected chi connectivity index (χ3v) is 4.22. The number of benzene rings is 2. The Kier molecular flexibility index (Phi) is 4.75. The molecule has 2 aromatic rings. The molecule has 0 radical (unpaired) electrons. The Morgan fingerprint density at radius 2 is 1.42 bits per heavy atom. The fourth-order valence-corrected chi connectivity index (χ4v) is 2.76. The van der Waals surface area contributed by atoms with Gasteiger partial charge in [-0.3, -0.25) is 4.79 Å². The molecule has 98 valence electrons. The van der Waals surface area contributed by atoms with Crippen LogP contribution in [0.3, 0.4) is 0 Å². The lowest BCUT2D eigenvalue weighted by Gasteiger charge is -2.12. The molecule has 0 aromatic heterocycles. The summed E-state index contributed by atoms with van der Waals surface area (Å²) in [5.74, 6) is -0.887. The molecule has 1 N–H and O–H groups in total. The Balaban J connectivity index is 2.23. The van der Waals surface area contributed by atoms with E-state index in [1.165, 1.54) is 11.8 Å². The summed E-state index contributed by atoms with van der Waals surface area (Å²) in [6.07, 6.45) is 0. The molecular formula is C14H10Cl2O2S. The summed E-state index contributed by atoms with van der Waals surface area (Å²) in [6.45, 7) is 0. The summed E-state index contributed by atoms with van der Waals surface area (Å²) in [5.41, 5.74) is 0.705. The van der Waals surface area contributed by atoms with Gasteiger partial charge in [-0.25, -0.2) is 0 Å². The maximum Gasteiger partial charge on any atom is 0.321 e. The molecule has 0 aliphatic carbocycles. The van der Waals surface area contributed by atoms with E-state index in [0.29, 0.717) is 15.6 Å². The number of carbonyl (C=O) groups is 1. The van der Waals surface area contributed by atoms with Crippen LogP contribution in [0.1, 0.15) is 10.8 Å². The number of rotatable bonds is 4. The molecule has 0 bridgehead atoms. The number of thioether (sulfide) groups is 1. The van der Waals surface area contributed by atoms with Crippen molar-refractivity contribution in [1.82, 2.24) is 0 Å². The Labute approximate surface area is 125 Å². The molecule has 0 unspecified atom stereocenters. The molecule has 19 heavy (non-hydrogen) atoms. The molecule has 0 aliphatic heterocycles. The van der Waals surface area contributed by atoms with Crippen LogP contribution in [0.25, 0.3) is 0 Å². The van der Waals surface area contributed by atoms with Crippen molar-refractivity contribution in [2.45, 2.75) is 10.1 Å². The molecule has 0 amide bonds. The fraction of sp³-hybridized carbons (Fsp3) is 0.0714. The molecule has 0 heterocycles. The van der Waals surface area contributed by atoms with Crippen LogP contribution in [-0.2, 0) is 4.79 Å².